The number of hydrogen-bond acceptors (Lipinski definition) is 4. The van der Waals surface area contributed by atoms with Gasteiger partial charge >= 0.3 is 0 Å². The number of nitrogens with one attached hydrogen (secondary N) is 1. The molecule has 0 fully saturated rings. The molecule has 130 valence electrons. The predicted molar refractivity (Wildman–Crippen MR) is 96.7 cm³/mol. The minimum atomic E-state index is -0.385. The summed E-state index contributed by atoms with van der Waals surface area (Å²) in [7, 11) is 5.47. The molecule has 0 saturated carbocycles. The zero-order valence-electron chi connectivity index (χ0n) is 14.5. The molecule has 1 aromatic carbocycles. The molecule has 3 aromatic rings. The number of nitrogens with zero attached hydrogens (tertiary/aromatic N) is 2. The minimum Gasteiger partial charge on any atom is -0.459 e. The largest absolute Gasteiger partial charge is 0.459 e. The second-order valence-corrected chi connectivity index (χ2v) is 6.21. The highest BCUT2D eigenvalue weighted by Gasteiger charge is 2.20. The summed E-state index contributed by atoms with van der Waals surface area (Å²) < 4.78 is 7.30. The van der Waals surface area contributed by atoms with Crippen molar-refractivity contribution in [3.63, 3.8) is 0 Å². The molecule has 6 nitrogen and oxygen atoms in total. The predicted octanol–water partition coefficient (Wildman–Crippen LogP) is 2.16. The van der Waals surface area contributed by atoms with Gasteiger partial charge in [0.05, 0.1) is 6.04 Å². The molecule has 25 heavy (non-hydrogen) atoms. The first-order chi connectivity index (χ1) is 12.0. The molecule has 1 unspecified atom stereocenters. The van der Waals surface area contributed by atoms with Gasteiger partial charge in [-0.1, -0.05) is 18.2 Å². The number of carbonyl (C=O) groups excluding carboxylic acids is 1. The van der Waals surface area contributed by atoms with Gasteiger partial charge in [-0.25, -0.2) is 0 Å². The number of para-hydroxylation sites is 1. The molecule has 0 spiro atoms. The maximum Gasteiger partial charge on any atom is 0.263 e. The number of pyridine rings is 1. The van der Waals surface area contributed by atoms with Gasteiger partial charge in [0, 0.05) is 25.2 Å². The van der Waals surface area contributed by atoms with E-state index in [1.165, 1.54) is 10.6 Å². The Balaban J connectivity index is 1.79. The molecule has 0 aliphatic rings. The third kappa shape index (κ3) is 3.49. The third-order valence-electron chi connectivity index (χ3n) is 4.22. The van der Waals surface area contributed by atoms with Crippen molar-refractivity contribution in [2.75, 3.05) is 20.6 Å². The van der Waals surface area contributed by atoms with Crippen LogP contribution >= 0.6 is 0 Å². The van der Waals surface area contributed by atoms with Crippen LogP contribution < -0.4 is 10.9 Å². The van der Waals surface area contributed by atoms with Crippen molar-refractivity contribution in [3.8, 4) is 0 Å². The monoisotopic (exact) mass is 339 g/mol. The summed E-state index contributed by atoms with van der Waals surface area (Å²) in [5, 5.41) is 3.86. The van der Waals surface area contributed by atoms with Crippen molar-refractivity contribution in [1.29, 1.82) is 0 Å². The summed E-state index contributed by atoms with van der Waals surface area (Å²) >= 11 is 0. The summed E-state index contributed by atoms with van der Waals surface area (Å²) in [6, 6.07) is 12.8. The molecule has 6 heteroatoms. The molecule has 0 radical (unpaired) electrons. The molecular weight excluding hydrogens is 318 g/mol. The fourth-order valence-electron chi connectivity index (χ4n) is 2.76. The molecule has 1 N–H and O–H groups in total. The second kappa shape index (κ2) is 6.94. The molecule has 2 heterocycles. The number of furan rings is 1. The zero-order chi connectivity index (χ0) is 18.0. The van der Waals surface area contributed by atoms with Crippen molar-refractivity contribution in [2.24, 2.45) is 7.05 Å². The van der Waals surface area contributed by atoms with Crippen LogP contribution in [0.25, 0.3) is 11.0 Å². The topological polar surface area (TPSA) is 67.5 Å². The van der Waals surface area contributed by atoms with Crippen LogP contribution in [0.4, 0.5) is 0 Å². The smallest absolute Gasteiger partial charge is 0.263 e. The van der Waals surface area contributed by atoms with Gasteiger partial charge in [0.25, 0.3) is 11.5 Å². The van der Waals surface area contributed by atoms with E-state index in [9.17, 15) is 9.59 Å². The summed E-state index contributed by atoms with van der Waals surface area (Å²) in [5.74, 6) is 0.386. The summed E-state index contributed by atoms with van der Waals surface area (Å²) in [4.78, 5) is 26.4. The molecule has 0 aliphatic carbocycles. The number of aromatic nitrogens is 1. The highest BCUT2D eigenvalue weighted by Crippen LogP contribution is 2.26. The van der Waals surface area contributed by atoms with Gasteiger partial charge in [0.1, 0.15) is 16.9 Å². The van der Waals surface area contributed by atoms with Crippen LogP contribution in [0.15, 0.2) is 57.9 Å². The van der Waals surface area contributed by atoms with Gasteiger partial charge < -0.3 is 14.3 Å². The lowest BCUT2D eigenvalue weighted by atomic mass is 10.1. The Morgan fingerprint density at radius 2 is 2.00 bits per heavy atom. The average Bonchev–Trinajstić information content (AvgIpc) is 3.00. The standard InChI is InChI=1S/C19H21N3O3/c1-21(2)15(17-11-13-7-4-5-9-16(13)25-17)12-20-18(23)14-8-6-10-22(3)19(14)24/h4-11,15H,12H2,1-3H3,(H,20,23). The SMILES string of the molecule is CN(C)C(CNC(=O)c1cccn(C)c1=O)c1cc2ccccc2o1. The number of benzene rings is 1. The fraction of sp³-hybridized carbons (Fsp3) is 0.263. The van der Waals surface area contributed by atoms with E-state index in [0.717, 1.165) is 16.7 Å². The number of carbonyl (C=O) groups is 1. The maximum atomic E-state index is 12.4. The Kier molecular flexibility index (Phi) is 4.72. The van der Waals surface area contributed by atoms with E-state index in [1.54, 1.807) is 19.3 Å². The van der Waals surface area contributed by atoms with Crippen LogP contribution in [0.2, 0.25) is 0 Å². The highest BCUT2D eigenvalue weighted by atomic mass is 16.3. The molecular formula is C19H21N3O3. The number of likely N-dealkylation sites (N-methyl/N-ethyl adjacent to an activating group) is 1. The first-order valence-electron chi connectivity index (χ1n) is 8.06. The summed E-state index contributed by atoms with van der Waals surface area (Å²) in [6.45, 7) is 0.337. The van der Waals surface area contributed by atoms with Crippen LogP contribution in [0.3, 0.4) is 0 Å². The summed E-state index contributed by atoms with van der Waals surface area (Å²) in [6.07, 6.45) is 1.62. The van der Waals surface area contributed by atoms with Crippen molar-refractivity contribution < 1.29 is 9.21 Å². The Bertz CT molecular complexity index is 923. The van der Waals surface area contributed by atoms with E-state index in [1.807, 2.05) is 49.3 Å². The van der Waals surface area contributed by atoms with Crippen molar-refractivity contribution >= 4 is 16.9 Å². The van der Waals surface area contributed by atoms with Crippen LogP contribution in [0.1, 0.15) is 22.2 Å². The maximum absolute atomic E-state index is 12.4. The molecule has 1 amide bonds. The quantitative estimate of drug-likeness (QED) is 0.773. The summed E-state index contributed by atoms with van der Waals surface area (Å²) in [5.41, 5.74) is 0.629. The average molecular weight is 339 g/mol. The number of amides is 1. The number of fused-ring (bicyclic) bond motifs is 1. The lowest BCUT2D eigenvalue weighted by Crippen LogP contribution is -2.37. The van der Waals surface area contributed by atoms with Crippen molar-refractivity contribution in [2.45, 2.75) is 6.04 Å². The van der Waals surface area contributed by atoms with Gasteiger partial charge in [0.2, 0.25) is 0 Å². The van der Waals surface area contributed by atoms with Crippen LogP contribution in [0.5, 0.6) is 0 Å². The molecule has 0 aliphatic heterocycles. The van der Waals surface area contributed by atoms with E-state index in [2.05, 4.69) is 5.32 Å². The van der Waals surface area contributed by atoms with Crippen molar-refractivity contribution in [1.82, 2.24) is 14.8 Å². The molecule has 3 rings (SSSR count). The molecule has 0 bridgehead atoms. The van der Waals surface area contributed by atoms with Crippen LogP contribution in [0, 0.1) is 0 Å². The van der Waals surface area contributed by atoms with Gasteiger partial charge in [-0.2, -0.15) is 0 Å². The van der Waals surface area contributed by atoms with Crippen LogP contribution in [-0.2, 0) is 7.05 Å². The first kappa shape index (κ1) is 17.0. The van der Waals surface area contributed by atoms with Crippen molar-refractivity contribution in [3.05, 3.63) is 70.3 Å². The molecule has 1 atom stereocenters. The third-order valence-corrected chi connectivity index (χ3v) is 4.22. The van der Waals surface area contributed by atoms with Gasteiger partial charge in [-0.15, -0.1) is 0 Å². The van der Waals surface area contributed by atoms with Gasteiger partial charge in [-0.05, 0) is 38.4 Å². The lowest BCUT2D eigenvalue weighted by molar-refractivity contribution is 0.0937. The first-order valence-corrected chi connectivity index (χ1v) is 8.06. The minimum absolute atomic E-state index is 0.132. The second-order valence-electron chi connectivity index (χ2n) is 6.21. The number of aryl methyl sites for hydroxylation is 1. The Morgan fingerprint density at radius 1 is 1.24 bits per heavy atom. The molecule has 0 saturated heterocycles. The zero-order valence-corrected chi connectivity index (χ0v) is 14.5. The molecule has 2 aromatic heterocycles. The Labute approximate surface area is 145 Å². The lowest BCUT2D eigenvalue weighted by Gasteiger charge is -2.22. The van der Waals surface area contributed by atoms with E-state index in [4.69, 9.17) is 4.42 Å². The number of hydrogen-bond donors (Lipinski definition) is 1. The van der Waals surface area contributed by atoms with E-state index in [-0.39, 0.29) is 23.1 Å². The van der Waals surface area contributed by atoms with E-state index >= 15 is 0 Å². The van der Waals surface area contributed by atoms with E-state index in [0.29, 0.717) is 6.54 Å². The van der Waals surface area contributed by atoms with E-state index < -0.39 is 0 Å². The Hall–Kier alpha value is -2.86. The van der Waals surface area contributed by atoms with Gasteiger partial charge in [0.15, 0.2) is 0 Å². The normalized spacial score (nSPS) is 12.5. The van der Waals surface area contributed by atoms with Gasteiger partial charge in [-0.3, -0.25) is 14.5 Å². The van der Waals surface area contributed by atoms with Crippen LogP contribution in [-0.4, -0.2) is 36.0 Å². The number of rotatable bonds is 5. The fourth-order valence-corrected chi connectivity index (χ4v) is 2.76. The Morgan fingerprint density at radius 3 is 2.72 bits per heavy atom. The highest BCUT2D eigenvalue weighted by molar-refractivity contribution is 5.93.